The van der Waals surface area contributed by atoms with Crippen LogP contribution in [0.3, 0.4) is 0 Å². The number of hydrogen-bond acceptors (Lipinski definition) is 5. The van der Waals surface area contributed by atoms with Crippen molar-refractivity contribution in [3.8, 4) is 0 Å². The molecule has 1 N–H and O–H groups in total. The molecule has 0 aliphatic rings. The number of benzene rings is 2. The molecule has 1 heterocycles. The van der Waals surface area contributed by atoms with Gasteiger partial charge in [-0.2, -0.15) is 0 Å². The van der Waals surface area contributed by atoms with Crippen LogP contribution < -0.4 is 5.32 Å². The summed E-state index contributed by atoms with van der Waals surface area (Å²) in [5, 5.41) is 17.8. The second-order valence-corrected chi connectivity index (χ2v) is 8.17. The minimum atomic E-state index is -0.222. The van der Waals surface area contributed by atoms with E-state index in [0.717, 1.165) is 5.56 Å². The van der Waals surface area contributed by atoms with Crippen molar-refractivity contribution in [3.63, 3.8) is 0 Å². The lowest BCUT2D eigenvalue weighted by Crippen LogP contribution is -2.29. The first-order valence-electron chi connectivity index (χ1n) is 8.54. The number of nitrogens with one attached hydrogen (secondary N) is 1. The molecule has 0 fully saturated rings. The van der Waals surface area contributed by atoms with Crippen LogP contribution in [0.1, 0.15) is 39.3 Å². The Bertz CT molecular complexity index is 915. The van der Waals surface area contributed by atoms with E-state index in [-0.39, 0.29) is 23.2 Å². The van der Waals surface area contributed by atoms with Crippen LogP contribution in [-0.2, 0) is 10.3 Å². The number of carbonyl (C=O) groups excluding carboxylic acids is 1. The van der Waals surface area contributed by atoms with Crippen LogP contribution >= 0.6 is 11.8 Å². The van der Waals surface area contributed by atoms with Gasteiger partial charge >= 0.3 is 0 Å². The Labute approximate surface area is 157 Å². The zero-order valence-corrected chi connectivity index (χ0v) is 16.2. The summed E-state index contributed by atoms with van der Waals surface area (Å²) < 4.78 is 1.73. The van der Waals surface area contributed by atoms with Crippen molar-refractivity contribution in [2.75, 3.05) is 5.75 Å². The summed E-state index contributed by atoms with van der Waals surface area (Å²) in [7, 11) is 0. The van der Waals surface area contributed by atoms with Gasteiger partial charge in [-0.25, -0.2) is 4.68 Å². The van der Waals surface area contributed by atoms with Crippen molar-refractivity contribution in [2.24, 2.45) is 0 Å². The minimum absolute atomic E-state index is 0.0425. The van der Waals surface area contributed by atoms with Crippen LogP contribution in [0.5, 0.6) is 0 Å². The summed E-state index contributed by atoms with van der Waals surface area (Å²) in [6, 6.07) is 14.4. The maximum absolute atomic E-state index is 12.3. The third kappa shape index (κ3) is 4.22. The molecule has 6 nitrogen and oxygen atoms in total. The number of amides is 1. The summed E-state index contributed by atoms with van der Waals surface area (Å²) >= 11 is 1.34. The summed E-state index contributed by atoms with van der Waals surface area (Å²) in [4.78, 5) is 12.3. The van der Waals surface area contributed by atoms with Gasteiger partial charge < -0.3 is 5.32 Å². The highest BCUT2D eigenvalue weighted by Crippen LogP contribution is 2.22. The predicted molar refractivity (Wildman–Crippen MR) is 104 cm³/mol. The highest BCUT2D eigenvalue weighted by molar-refractivity contribution is 7.99. The molecule has 0 bridgehead atoms. The van der Waals surface area contributed by atoms with E-state index in [1.165, 1.54) is 22.5 Å². The van der Waals surface area contributed by atoms with Crippen LogP contribution in [-0.4, -0.2) is 31.9 Å². The average Bonchev–Trinajstić information content (AvgIpc) is 3.08. The van der Waals surface area contributed by atoms with Gasteiger partial charge in [0.25, 0.3) is 0 Å². The number of hydrogen-bond donors (Lipinski definition) is 1. The summed E-state index contributed by atoms with van der Waals surface area (Å²) in [6.07, 6.45) is 0. The van der Waals surface area contributed by atoms with Gasteiger partial charge in [-0.1, -0.05) is 48.2 Å². The summed E-state index contributed by atoms with van der Waals surface area (Å²) in [6.45, 7) is 8.06. The van der Waals surface area contributed by atoms with Crippen LogP contribution in [0.4, 0.5) is 0 Å². The molecular weight excluding hydrogens is 346 g/mol. The van der Waals surface area contributed by atoms with Crippen molar-refractivity contribution in [1.82, 2.24) is 25.5 Å². The quantitative estimate of drug-likeness (QED) is 0.696. The number of fused-ring (bicyclic) bond motifs is 1. The Hall–Kier alpha value is -2.41. The Morgan fingerprint density at radius 2 is 1.92 bits per heavy atom. The number of tetrazole rings is 1. The third-order valence-electron chi connectivity index (χ3n) is 4.06. The number of rotatable bonds is 5. The Morgan fingerprint density at radius 3 is 2.65 bits per heavy atom. The second kappa shape index (κ2) is 7.45. The fourth-order valence-corrected chi connectivity index (χ4v) is 3.53. The molecule has 3 aromatic rings. The van der Waals surface area contributed by atoms with Gasteiger partial charge in [-0.15, -0.1) is 5.10 Å². The fourth-order valence-electron chi connectivity index (χ4n) is 2.66. The largest absolute Gasteiger partial charge is 0.349 e. The molecule has 0 aliphatic carbocycles. The Morgan fingerprint density at radius 1 is 1.19 bits per heavy atom. The standard InChI is InChI=1S/C19H23N5OS/c1-13(15-10-9-14-7-5-6-8-16(14)11-15)20-17(25)12-26-18-21-22-23-24(18)19(2,3)4/h5-11,13H,12H2,1-4H3,(H,20,25). The molecule has 136 valence electrons. The van der Waals surface area contributed by atoms with E-state index >= 15 is 0 Å². The normalized spacial score (nSPS) is 12.9. The Kier molecular flexibility index (Phi) is 5.27. The van der Waals surface area contributed by atoms with Gasteiger partial charge in [-0.3, -0.25) is 4.79 Å². The van der Waals surface area contributed by atoms with Crippen molar-refractivity contribution in [2.45, 2.75) is 44.4 Å². The van der Waals surface area contributed by atoms with Crippen LogP contribution in [0.2, 0.25) is 0 Å². The number of carbonyl (C=O) groups is 1. The lowest BCUT2D eigenvalue weighted by atomic mass is 10.0. The molecule has 0 aliphatic heterocycles. The topological polar surface area (TPSA) is 72.7 Å². The molecule has 1 unspecified atom stereocenters. The molecule has 0 saturated carbocycles. The first-order chi connectivity index (χ1) is 12.3. The van der Waals surface area contributed by atoms with E-state index in [1.54, 1.807) is 4.68 Å². The first-order valence-corrected chi connectivity index (χ1v) is 9.53. The minimum Gasteiger partial charge on any atom is -0.349 e. The SMILES string of the molecule is CC(NC(=O)CSc1nnnn1C(C)(C)C)c1ccc2ccccc2c1. The number of nitrogens with zero attached hydrogens (tertiary/aromatic N) is 4. The fraction of sp³-hybridized carbons (Fsp3) is 0.368. The van der Waals surface area contributed by atoms with E-state index in [2.05, 4.69) is 51.2 Å². The predicted octanol–water partition coefficient (Wildman–Crippen LogP) is 3.55. The van der Waals surface area contributed by atoms with Crippen molar-refractivity contribution < 1.29 is 4.79 Å². The molecule has 1 aromatic heterocycles. The third-order valence-corrected chi connectivity index (χ3v) is 4.98. The highest BCUT2D eigenvalue weighted by atomic mass is 32.2. The smallest absolute Gasteiger partial charge is 0.230 e. The zero-order chi connectivity index (χ0) is 18.7. The van der Waals surface area contributed by atoms with E-state index in [0.29, 0.717) is 5.16 Å². The lowest BCUT2D eigenvalue weighted by molar-refractivity contribution is -0.119. The van der Waals surface area contributed by atoms with E-state index in [4.69, 9.17) is 0 Å². The average molecular weight is 369 g/mol. The second-order valence-electron chi connectivity index (χ2n) is 7.23. The number of thioether (sulfide) groups is 1. The van der Waals surface area contributed by atoms with E-state index < -0.39 is 0 Å². The summed E-state index contributed by atoms with van der Waals surface area (Å²) in [5.74, 6) is 0.230. The lowest BCUT2D eigenvalue weighted by Gasteiger charge is -2.19. The molecule has 2 aromatic carbocycles. The van der Waals surface area contributed by atoms with Gasteiger partial charge in [0.2, 0.25) is 11.1 Å². The van der Waals surface area contributed by atoms with Crippen molar-refractivity contribution in [1.29, 1.82) is 0 Å². The van der Waals surface area contributed by atoms with E-state index in [1.807, 2.05) is 39.8 Å². The monoisotopic (exact) mass is 369 g/mol. The van der Waals surface area contributed by atoms with Gasteiger partial charge in [0, 0.05) is 0 Å². The maximum Gasteiger partial charge on any atom is 0.230 e. The molecule has 0 saturated heterocycles. The van der Waals surface area contributed by atoms with Gasteiger partial charge in [0.05, 0.1) is 17.3 Å². The van der Waals surface area contributed by atoms with Crippen molar-refractivity contribution in [3.05, 3.63) is 48.0 Å². The van der Waals surface area contributed by atoms with Gasteiger partial charge in [0.1, 0.15) is 0 Å². The van der Waals surface area contributed by atoms with E-state index in [9.17, 15) is 4.79 Å². The molecule has 0 spiro atoms. The first kappa shape index (κ1) is 18.4. The molecule has 26 heavy (non-hydrogen) atoms. The van der Waals surface area contributed by atoms with Crippen LogP contribution in [0.25, 0.3) is 10.8 Å². The molecule has 0 radical (unpaired) electrons. The maximum atomic E-state index is 12.3. The van der Waals surface area contributed by atoms with Crippen LogP contribution in [0, 0.1) is 0 Å². The summed E-state index contributed by atoms with van der Waals surface area (Å²) in [5.41, 5.74) is 0.863. The molecule has 3 rings (SSSR count). The zero-order valence-electron chi connectivity index (χ0n) is 15.4. The number of aromatic nitrogens is 4. The molecular formula is C19H23N5OS. The van der Waals surface area contributed by atoms with Gasteiger partial charge in [0.15, 0.2) is 0 Å². The van der Waals surface area contributed by atoms with Crippen LogP contribution in [0.15, 0.2) is 47.6 Å². The molecule has 7 heteroatoms. The highest BCUT2D eigenvalue weighted by Gasteiger charge is 2.21. The van der Waals surface area contributed by atoms with Crippen molar-refractivity contribution >= 4 is 28.4 Å². The molecule has 1 atom stereocenters. The van der Waals surface area contributed by atoms with Gasteiger partial charge in [-0.05, 0) is 60.5 Å². The Balaban J connectivity index is 1.61. The molecule has 1 amide bonds.